The molecule has 0 radical (unpaired) electrons. The van der Waals surface area contributed by atoms with E-state index in [1.807, 2.05) is 0 Å². The first-order valence-corrected chi connectivity index (χ1v) is 15.0. The lowest BCUT2D eigenvalue weighted by Crippen LogP contribution is -2.51. The van der Waals surface area contributed by atoms with Crippen molar-refractivity contribution in [3.63, 3.8) is 0 Å². The average Bonchev–Trinajstić information content (AvgIpc) is 3.45. The van der Waals surface area contributed by atoms with Crippen molar-refractivity contribution in [1.29, 1.82) is 0 Å². The molecule has 0 aliphatic carbocycles. The summed E-state index contributed by atoms with van der Waals surface area (Å²) < 4.78 is 24.4. The Morgan fingerprint density at radius 3 is 1.44 bits per heavy atom. The second-order valence-corrected chi connectivity index (χ2v) is 11.6. The lowest BCUT2D eigenvalue weighted by atomic mass is 9.86. The van der Waals surface area contributed by atoms with Crippen molar-refractivity contribution in [2.75, 3.05) is 19.8 Å². The highest BCUT2D eigenvalue weighted by molar-refractivity contribution is 5.02. The van der Waals surface area contributed by atoms with Gasteiger partial charge in [-0.3, -0.25) is 0 Å². The summed E-state index contributed by atoms with van der Waals surface area (Å²) in [5, 5.41) is 28.5. The van der Waals surface area contributed by atoms with Gasteiger partial charge in [-0.25, -0.2) is 0 Å². The van der Waals surface area contributed by atoms with Crippen molar-refractivity contribution < 1.29 is 34.3 Å². The maximum Gasteiger partial charge on any atom is 0.120 e. The van der Waals surface area contributed by atoms with E-state index in [9.17, 15) is 10.2 Å². The SMILES string of the molecule is CCCC[C@H]1CC2(CO)OC(CCC)CC[C@@H]2O1.CCCC[C@H]1CC2(CO)OC(CCO)CC[C@@H]2O1. The van der Waals surface area contributed by atoms with Crippen LogP contribution in [0.3, 0.4) is 0 Å². The van der Waals surface area contributed by atoms with Crippen LogP contribution in [-0.4, -0.2) is 83.0 Å². The smallest absolute Gasteiger partial charge is 0.120 e. The highest BCUT2D eigenvalue weighted by Gasteiger charge is 2.53. The molecule has 0 bridgehead atoms. The van der Waals surface area contributed by atoms with Gasteiger partial charge in [0.15, 0.2) is 0 Å². The van der Waals surface area contributed by atoms with Crippen molar-refractivity contribution in [3.05, 3.63) is 0 Å². The number of aliphatic hydroxyl groups excluding tert-OH is 3. The maximum atomic E-state index is 9.78. The Morgan fingerprint density at radius 1 is 0.583 bits per heavy atom. The highest BCUT2D eigenvalue weighted by Crippen LogP contribution is 2.44. The second-order valence-electron chi connectivity index (χ2n) is 11.6. The van der Waals surface area contributed by atoms with Gasteiger partial charge in [0.25, 0.3) is 0 Å². The first-order chi connectivity index (χ1) is 17.5. The number of hydrogen-bond acceptors (Lipinski definition) is 7. The largest absolute Gasteiger partial charge is 0.396 e. The molecule has 4 aliphatic rings. The molecule has 0 aromatic carbocycles. The zero-order valence-corrected chi connectivity index (χ0v) is 23.2. The number of ether oxygens (including phenoxy) is 4. The summed E-state index contributed by atoms with van der Waals surface area (Å²) in [6.07, 6.45) is 16.6. The van der Waals surface area contributed by atoms with Gasteiger partial charge in [-0.2, -0.15) is 0 Å². The Hall–Kier alpha value is -0.280. The van der Waals surface area contributed by atoms with Crippen molar-refractivity contribution in [3.8, 4) is 0 Å². The van der Waals surface area contributed by atoms with E-state index >= 15 is 0 Å². The topological polar surface area (TPSA) is 97.6 Å². The quantitative estimate of drug-likeness (QED) is 0.348. The van der Waals surface area contributed by atoms with Gasteiger partial charge in [-0.05, 0) is 51.4 Å². The normalized spacial score (nSPS) is 39.8. The third-order valence-electron chi connectivity index (χ3n) is 8.69. The lowest BCUT2D eigenvalue weighted by Gasteiger charge is -2.40. The van der Waals surface area contributed by atoms with Gasteiger partial charge in [0.1, 0.15) is 11.2 Å². The summed E-state index contributed by atoms with van der Waals surface area (Å²) in [5.74, 6) is 0. The van der Waals surface area contributed by atoms with Crippen LogP contribution in [0, 0.1) is 0 Å². The van der Waals surface area contributed by atoms with E-state index in [4.69, 9.17) is 24.1 Å². The molecule has 0 saturated carbocycles. The second kappa shape index (κ2) is 14.8. The summed E-state index contributed by atoms with van der Waals surface area (Å²) in [4.78, 5) is 0. The molecule has 4 saturated heterocycles. The van der Waals surface area contributed by atoms with Gasteiger partial charge < -0.3 is 34.3 Å². The number of fused-ring (bicyclic) bond motifs is 2. The van der Waals surface area contributed by atoms with Crippen LogP contribution >= 0.6 is 0 Å². The number of aliphatic hydroxyl groups is 3. The molecule has 212 valence electrons. The van der Waals surface area contributed by atoms with Gasteiger partial charge in [-0.15, -0.1) is 0 Å². The van der Waals surface area contributed by atoms with Crippen molar-refractivity contribution in [2.45, 2.75) is 165 Å². The number of rotatable bonds is 12. The molecule has 4 unspecified atom stereocenters. The molecule has 4 rings (SSSR count). The minimum absolute atomic E-state index is 0.0300. The van der Waals surface area contributed by atoms with E-state index in [1.54, 1.807) is 0 Å². The fourth-order valence-corrected chi connectivity index (χ4v) is 6.69. The average molecular weight is 515 g/mol. The van der Waals surface area contributed by atoms with Crippen LogP contribution in [0.25, 0.3) is 0 Å². The monoisotopic (exact) mass is 514 g/mol. The molecule has 0 aromatic rings. The summed E-state index contributed by atoms with van der Waals surface area (Å²) in [7, 11) is 0. The molecule has 4 aliphatic heterocycles. The van der Waals surface area contributed by atoms with E-state index in [0.717, 1.165) is 64.2 Å². The molecular formula is C29H54O7. The fourth-order valence-electron chi connectivity index (χ4n) is 6.69. The predicted octanol–water partition coefficient (Wildman–Crippen LogP) is 4.67. The maximum absolute atomic E-state index is 9.78. The minimum atomic E-state index is -0.503. The van der Waals surface area contributed by atoms with Gasteiger partial charge in [0, 0.05) is 19.4 Å². The lowest BCUT2D eigenvalue weighted by molar-refractivity contribution is -0.185. The van der Waals surface area contributed by atoms with Gasteiger partial charge in [0.05, 0.1) is 49.8 Å². The standard InChI is InChI=1S/C15H28O3.C14H26O4/c1-3-5-7-13-10-15(11-16)14(17-13)9-8-12(18-15)6-4-2;1-2-3-4-12-9-14(10-16)13(17-12)6-5-11(18-14)7-8-15/h12-14,16H,3-11H2,1-2H3;11-13,15-16H,2-10H2,1H3/t12?,13-,14-,15?;11?,12-,13-,14?/m00/s1. The zero-order valence-electron chi connectivity index (χ0n) is 23.2. The van der Waals surface area contributed by atoms with Gasteiger partial charge in [-0.1, -0.05) is 52.9 Å². The van der Waals surface area contributed by atoms with E-state index in [0.29, 0.717) is 18.6 Å². The summed E-state index contributed by atoms with van der Waals surface area (Å²) >= 11 is 0. The first-order valence-electron chi connectivity index (χ1n) is 15.0. The molecule has 0 amide bonds. The molecule has 7 heteroatoms. The third kappa shape index (κ3) is 7.43. The van der Waals surface area contributed by atoms with Crippen molar-refractivity contribution in [2.24, 2.45) is 0 Å². The molecule has 0 spiro atoms. The molecule has 3 N–H and O–H groups in total. The van der Waals surface area contributed by atoms with Crippen LogP contribution < -0.4 is 0 Å². The Kier molecular flexibility index (Phi) is 12.4. The van der Waals surface area contributed by atoms with Crippen LogP contribution in [0.2, 0.25) is 0 Å². The minimum Gasteiger partial charge on any atom is -0.396 e. The Morgan fingerprint density at radius 2 is 1.06 bits per heavy atom. The van der Waals surface area contributed by atoms with E-state index in [1.165, 1.54) is 25.7 Å². The van der Waals surface area contributed by atoms with Crippen LogP contribution in [0.4, 0.5) is 0 Å². The van der Waals surface area contributed by atoms with E-state index in [-0.39, 0.29) is 44.2 Å². The van der Waals surface area contributed by atoms with Gasteiger partial charge >= 0.3 is 0 Å². The van der Waals surface area contributed by atoms with Crippen molar-refractivity contribution >= 4 is 0 Å². The fraction of sp³-hybridized carbons (Fsp3) is 1.00. The highest BCUT2D eigenvalue weighted by atomic mass is 16.6. The number of unbranched alkanes of at least 4 members (excludes halogenated alkanes) is 2. The molecule has 0 aromatic heterocycles. The molecular weight excluding hydrogens is 460 g/mol. The molecule has 8 atom stereocenters. The third-order valence-corrected chi connectivity index (χ3v) is 8.69. The summed E-state index contributed by atoms with van der Waals surface area (Å²) in [5.41, 5.74) is -0.896. The molecule has 7 nitrogen and oxygen atoms in total. The van der Waals surface area contributed by atoms with Crippen LogP contribution in [-0.2, 0) is 18.9 Å². The van der Waals surface area contributed by atoms with Crippen molar-refractivity contribution in [1.82, 2.24) is 0 Å². The molecule has 36 heavy (non-hydrogen) atoms. The van der Waals surface area contributed by atoms with Crippen LogP contribution in [0.5, 0.6) is 0 Å². The van der Waals surface area contributed by atoms with Crippen LogP contribution in [0.1, 0.15) is 117 Å². The number of hydrogen-bond donors (Lipinski definition) is 3. The van der Waals surface area contributed by atoms with Gasteiger partial charge in [0.2, 0.25) is 0 Å². The Balaban J connectivity index is 0.000000201. The van der Waals surface area contributed by atoms with E-state index in [2.05, 4.69) is 20.8 Å². The van der Waals surface area contributed by atoms with Crippen LogP contribution in [0.15, 0.2) is 0 Å². The summed E-state index contributed by atoms with van der Waals surface area (Å²) in [6, 6.07) is 0. The first kappa shape index (κ1) is 30.3. The summed E-state index contributed by atoms with van der Waals surface area (Å²) in [6.45, 7) is 6.87. The molecule has 4 fully saturated rings. The zero-order chi connectivity index (χ0) is 26.0. The Bertz CT molecular complexity index is 566. The van der Waals surface area contributed by atoms with E-state index < -0.39 is 11.2 Å². The molecule has 4 heterocycles. The Labute approximate surface area is 219 Å². The predicted molar refractivity (Wildman–Crippen MR) is 140 cm³/mol.